The summed E-state index contributed by atoms with van der Waals surface area (Å²) in [4.78, 5) is 0. The van der Waals surface area contributed by atoms with Crippen LogP contribution < -0.4 is 10.5 Å². The number of rotatable bonds is 3. The van der Waals surface area contributed by atoms with Crippen LogP contribution in [0.5, 0.6) is 5.75 Å². The molecule has 2 N–H and O–H groups in total. The minimum Gasteiger partial charge on any atom is -0.496 e. The van der Waals surface area contributed by atoms with Gasteiger partial charge in [-0.25, -0.2) is 0 Å². The Morgan fingerprint density at radius 2 is 1.58 bits per heavy atom. The van der Waals surface area contributed by atoms with Gasteiger partial charge in [0.05, 0.1) is 7.11 Å². The lowest BCUT2D eigenvalue weighted by molar-refractivity contribution is 0.411. The van der Waals surface area contributed by atoms with Gasteiger partial charge in [0.15, 0.2) is 0 Å². The molecule has 0 heterocycles. The molecule has 2 aromatic rings. The zero-order valence-corrected chi connectivity index (χ0v) is 12.1. The van der Waals surface area contributed by atoms with Crippen molar-refractivity contribution in [2.75, 3.05) is 7.11 Å². The maximum Gasteiger partial charge on any atom is 0.122 e. The SMILES string of the molecule is COc1cc(C)c(-c2cc(CN)ccc2C)cc1C. The summed E-state index contributed by atoms with van der Waals surface area (Å²) in [5, 5.41) is 0. The number of ether oxygens (including phenoxy) is 1. The second kappa shape index (κ2) is 5.45. The summed E-state index contributed by atoms with van der Waals surface area (Å²) in [7, 11) is 1.71. The van der Waals surface area contributed by atoms with Crippen molar-refractivity contribution >= 4 is 0 Å². The van der Waals surface area contributed by atoms with E-state index in [0.717, 1.165) is 16.9 Å². The van der Waals surface area contributed by atoms with Crippen LogP contribution in [0.2, 0.25) is 0 Å². The van der Waals surface area contributed by atoms with Crippen molar-refractivity contribution < 1.29 is 4.74 Å². The van der Waals surface area contributed by atoms with Gasteiger partial charge in [-0.15, -0.1) is 0 Å². The lowest BCUT2D eigenvalue weighted by Gasteiger charge is -2.14. The zero-order valence-electron chi connectivity index (χ0n) is 12.1. The van der Waals surface area contributed by atoms with E-state index in [0.29, 0.717) is 6.54 Å². The Morgan fingerprint density at radius 3 is 2.21 bits per heavy atom. The maximum atomic E-state index is 5.74. The quantitative estimate of drug-likeness (QED) is 0.906. The Kier molecular flexibility index (Phi) is 3.91. The molecule has 0 amide bonds. The van der Waals surface area contributed by atoms with E-state index in [4.69, 9.17) is 10.5 Å². The van der Waals surface area contributed by atoms with Gasteiger partial charge >= 0.3 is 0 Å². The van der Waals surface area contributed by atoms with Crippen LogP contribution in [0.15, 0.2) is 30.3 Å². The lowest BCUT2D eigenvalue weighted by atomic mass is 9.93. The molecule has 0 aliphatic carbocycles. The van der Waals surface area contributed by atoms with Crippen molar-refractivity contribution in [2.24, 2.45) is 5.73 Å². The fraction of sp³-hybridized carbons (Fsp3) is 0.294. The monoisotopic (exact) mass is 255 g/mol. The van der Waals surface area contributed by atoms with Crippen LogP contribution in [0, 0.1) is 20.8 Å². The standard InChI is InChI=1S/C17H21NO/c1-11-5-6-14(10-18)9-16(11)15-7-13(3)17(19-4)8-12(15)2/h5-9H,10,18H2,1-4H3. The van der Waals surface area contributed by atoms with E-state index in [1.807, 2.05) is 0 Å². The topological polar surface area (TPSA) is 35.2 Å². The molecule has 0 radical (unpaired) electrons. The van der Waals surface area contributed by atoms with E-state index < -0.39 is 0 Å². The first kappa shape index (κ1) is 13.6. The highest BCUT2D eigenvalue weighted by Crippen LogP contribution is 2.32. The van der Waals surface area contributed by atoms with Gasteiger partial charge in [0.2, 0.25) is 0 Å². The number of aryl methyl sites for hydroxylation is 3. The van der Waals surface area contributed by atoms with Crippen molar-refractivity contribution in [2.45, 2.75) is 27.3 Å². The van der Waals surface area contributed by atoms with E-state index >= 15 is 0 Å². The number of methoxy groups -OCH3 is 1. The third kappa shape index (κ3) is 2.64. The molecule has 19 heavy (non-hydrogen) atoms. The van der Waals surface area contributed by atoms with Crippen LogP contribution in [0.25, 0.3) is 11.1 Å². The van der Waals surface area contributed by atoms with Crippen LogP contribution in [-0.2, 0) is 6.54 Å². The van der Waals surface area contributed by atoms with Gasteiger partial charge in [0, 0.05) is 6.54 Å². The molecule has 2 rings (SSSR count). The van der Waals surface area contributed by atoms with Crippen molar-refractivity contribution in [3.8, 4) is 16.9 Å². The molecule has 0 aromatic heterocycles. The van der Waals surface area contributed by atoms with Gasteiger partial charge in [0.25, 0.3) is 0 Å². The van der Waals surface area contributed by atoms with Crippen molar-refractivity contribution in [1.82, 2.24) is 0 Å². The molecule has 0 aliphatic rings. The molecule has 2 heteroatoms. The molecule has 0 aliphatic heterocycles. The minimum atomic E-state index is 0.571. The smallest absolute Gasteiger partial charge is 0.122 e. The van der Waals surface area contributed by atoms with Gasteiger partial charge in [-0.2, -0.15) is 0 Å². The maximum absolute atomic E-state index is 5.74. The average molecular weight is 255 g/mol. The Balaban J connectivity index is 2.61. The first-order valence-electron chi connectivity index (χ1n) is 6.52. The first-order valence-corrected chi connectivity index (χ1v) is 6.52. The van der Waals surface area contributed by atoms with Gasteiger partial charge in [-0.3, -0.25) is 0 Å². The lowest BCUT2D eigenvalue weighted by Crippen LogP contribution is -1.98. The zero-order chi connectivity index (χ0) is 14.0. The molecule has 0 saturated heterocycles. The van der Waals surface area contributed by atoms with Crippen LogP contribution in [-0.4, -0.2) is 7.11 Å². The average Bonchev–Trinajstić information content (AvgIpc) is 2.41. The van der Waals surface area contributed by atoms with Crippen LogP contribution in [0.1, 0.15) is 22.3 Å². The highest BCUT2D eigenvalue weighted by Gasteiger charge is 2.09. The summed E-state index contributed by atoms with van der Waals surface area (Å²) in [5.74, 6) is 0.939. The second-order valence-electron chi connectivity index (χ2n) is 4.99. The highest BCUT2D eigenvalue weighted by atomic mass is 16.5. The number of hydrogen-bond acceptors (Lipinski definition) is 2. The third-order valence-electron chi connectivity index (χ3n) is 3.57. The summed E-state index contributed by atoms with van der Waals surface area (Å²) in [6.07, 6.45) is 0. The summed E-state index contributed by atoms with van der Waals surface area (Å²) in [6.45, 7) is 6.89. The molecular weight excluding hydrogens is 234 g/mol. The molecule has 0 fully saturated rings. The van der Waals surface area contributed by atoms with Crippen LogP contribution >= 0.6 is 0 Å². The fourth-order valence-electron chi connectivity index (χ4n) is 2.39. The Labute approximate surface area is 115 Å². The number of benzene rings is 2. The highest BCUT2D eigenvalue weighted by molar-refractivity contribution is 5.73. The minimum absolute atomic E-state index is 0.571. The summed E-state index contributed by atoms with van der Waals surface area (Å²) >= 11 is 0. The molecule has 0 unspecified atom stereocenters. The predicted molar refractivity (Wildman–Crippen MR) is 80.5 cm³/mol. The van der Waals surface area contributed by atoms with Gasteiger partial charge in [-0.1, -0.05) is 12.1 Å². The van der Waals surface area contributed by atoms with Gasteiger partial charge < -0.3 is 10.5 Å². The molecular formula is C17H21NO. The molecule has 2 nitrogen and oxygen atoms in total. The largest absolute Gasteiger partial charge is 0.496 e. The van der Waals surface area contributed by atoms with Gasteiger partial charge in [-0.05, 0) is 72.4 Å². The van der Waals surface area contributed by atoms with Gasteiger partial charge in [0.1, 0.15) is 5.75 Å². The molecule has 2 aromatic carbocycles. The molecule has 0 saturated carbocycles. The van der Waals surface area contributed by atoms with Crippen molar-refractivity contribution in [3.05, 3.63) is 52.6 Å². The van der Waals surface area contributed by atoms with Crippen LogP contribution in [0.4, 0.5) is 0 Å². The Morgan fingerprint density at radius 1 is 0.895 bits per heavy atom. The fourth-order valence-corrected chi connectivity index (χ4v) is 2.39. The van der Waals surface area contributed by atoms with E-state index in [1.54, 1.807) is 7.11 Å². The van der Waals surface area contributed by atoms with E-state index in [1.165, 1.54) is 22.3 Å². The molecule has 0 spiro atoms. The first-order chi connectivity index (χ1) is 9.06. The normalized spacial score (nSPS) is 10.6. The van der Waals surface area contributed by atoms with Crippen LogP contribution in [0.3, 0.4) is 0 Å². The summed E-state index contributed by atoms with van der Waals surface area (Å²) in [5.41, 5.74) is 13.1. The molecule has 0 bridgehead atoms. The summed E-state index contributed by atoms with van der Waals surface area (Å²) < 4.78 is 5.37. The Hall–Kier alpha value is -1.80. The molecule has 100 valence electrons. The van der Waals surface area contributed by atoms with Crippen molar-refractivity contribution in [1.29, 1.82) is 0 Å². The van der Waals surface area contributed by atoms with E-state index in [2.05, 4.69) is 51.1 Å². The Bertz CT molecular complexity index is 602. The number of hydrogen-bond donors (Lipinski definition) is 1. The molecule has 0 atom stereocenters. The third-order valence-corrected chi connectivity index (χ3v) is 3.57. The number of nitrogens with two attached hydrogens (primary N) is 1. The summed E-state index contributed by atoms with van der Waals surface area (Å²) in [6, 6.07) is 10.7. The predicted octanol–water partition coefficient (Wildman–Crippen LogP) is 3.75. The van der Waals surface area contributed by atoms with Crippen molar-refractivity contribution in [3.63, 3.8) is 0 Å². The van der Waals surface area contributed by atoms with E-state index in [9.17, 15) is 0 Å². The second-order valence-corrected chi connectivity index (χ2v) is 4.99. The van der Waals surface area contributed by atoms with E-state index in [-0.39, 0.29) is 0 Å².